The largest absolute Gasteiger partial charge is 0.497 e. The molecule has 6 nitrogen and oxygen atoms in total. The second kappa shape index (κ2) is 7.65. The average molecular weight is 350 g/mol. The van der Waals surface area contributed by atoms with E-state index in [1.165, 1.54) is 6.07 Å². The second-order valence-corrected chi connectivity index (χ2v) is 5.83. The van der Waals surface area contributed by atoms with Crippen LogP contribution >= 0.6 is 0 Å². The second-order valence-electron chi connectivity index (χ2n) is 5.83. The van der Waals surface area contributed by atoms with Crippen LogP contribution in [-0.2, 0) is 11.2 Å². The third-order valence-corrected chi connectivity index (χ3v) is 3.85. The summed E-state index contributed by atoms with van der Waals surface area (Å²) in [6.45, 7) is 1.94. The highest BCUT2D eigenvalue weighted by Crippen LogP contribution is 2.19. The van der Waals surface area contributed by atoms with E-state index in [9.17, 15) is 9.59 Å². The first kappa shape index (κ1) is 17.4. The molecule has 26 heavy (non-hydrogen) atoms. The van der Waals surface area contributed by atoms with E-state index >= 15 is 0 Å². The van der Waals surface area contributed by atoms with Crippen LogP contribution in [0.25, 0.3) is 11.0 Å². The molecule has 0 aliphatic rings. The molecule has 1 N–H and O–H groups in total. The number of amides is 1. The molecule has 6 heteroatoms. The number of hydrogen-bond acceptors (Lipinski definition) is 5. The number of ether oxygens (including phenoxy) is 1. The van der Waals surface area contributed by atoms with Gasteiger partial charge in [-0.3, -0.25) is 4.79 Å². The lowest BCUT2D eigenvalue weighted by Crippen LogP contribution is -2.20. The van der Waals surface area contributed by atoms with Crippen LogP contribution in [0.4, 0.5) is 0 Å². The van der Waals surface area contributed by atoms with Gasteiger partial charge in [0.1, 0.15) is 11.3 Å². The number of carbonyl (C=O) groups excluding carboxylic acids is 1. The Hall–Kier alpha value is -3.41. The number of fused-ring (bicyclic) bond motifs is 1. The molecular formula is C20H18N2O4. The highest BCUT2D eigenvalue weighted by Gasteiger charge is 2.10. The maximum atomic E-state index is 12.2. The standard InChI is InChI=1S/C20H18N2O4/c1-13-3-8-18-17(9-13)15(11-20(24)26-18)10-19(23)22-21-12-14-4-6-16(25-2)7-5-14/h3-9,11-12H,10H2,1-2H3,(H,22,23)/b21-12+. The third-order valence-electron chi connectivity index (χ3n) is 3.85. The number of carbonyl (C=O) groups is 1. The van der Waals surface area contributed by atoms with Crippen molar-refractivity contribution in [2.45, 2.75) is 13.3 Å². The zero-order valence-corrected chi connectivity index (χ0v) is 14.5. The number of nitrogens with one attached hydrogen (secondary N) is 1. The quantitative estimate of drug-likeness (QED) is 0.436. The van der Waals surface area contributed by atoms with Gasteiger partial charge in [-0.1, -0.05) is 11.6 Å². The highest BCUT2D eigenvalue weighted by molar-refractivity contribution is 5.88. The molecular weight excluding hydrogens is 332 g/mol. The molecule has 0 aliphatic carbocycles. The van der Waals surface area contributed by atoms with Crippen molar-refractivity contribution >= 4 is 23.1 Å². The lowest BCUT2D eigenvalue weighted by molar-refractivity contribution is -0.120. The minimum Gasteiger partial charge on any atom is -0.497 e. The number of benzene rings is 2. The Labute approximate surface area is 150 Å². The van der Waals surface area contributed by atoms with Crippen LogP contribution in [-0.4, -0.2) is 19.2 Å². The van der Waals surface area contributed by atoms with Gasteiger partial charge in [0.15, 0.2) is 0 Å². The number of aryl methyl sites for hydroxylation is 1. The Morgan fingerprint density at radius 1 is 1.19 bits per heavy atom. The van der Waals surface area contributed by atoms with Crippen molar-refractivity contribution in [1.82, 2.24) is 5.43 Å². The summed E-state index contributed by atoms with van der Waals surface area (Å²) >= 11 is 0. The van der Waals surface area contributed by atoms with Gasteiger partial charge in [0.05, 0.1) is 19.7 Å². The summed E-state index contributed by atoms with van der Waals surface area (Å²) in [5.74, 6) is 0.430. The molecule has 0 unspecified atom stereocenters. The van der Waals surface area contributed by atoms with E-state index < -0.39 is 5.63 Å². The van der Waals surface area contributed by atoms with E-state index in [1.807, 2.05) is 31.2 Å². The van der Waals surface area contributed by atoms with E-state index in [0.29, 0.717) is 11.1 Å². The monoisotopic (exact) mass is 350 g/mol. The molecule has 3 aromatic rings. The van der Waals surface area contributed by atoms with Crippen molar-refractivity contribution in [2.24, 2.45) is 5.10 Å². The van der Waals surface area contributed by atoms with Gasteiger partial charge in [-0.05, 0) is 54.4 Å². The first-order valence-electron chi connectivity index (χ1n) is 8.04. The predicted molar refractivity (Wildman–Crippen MR) is 99.7 cm³/mol. The third kappa shape index (κ3) is 4.16. The summed E-state index contributed by atoms with van der Waals surface area (Å²) in [5, 5.41) is 4.70. The summed E-state index contributed by atoms with van der Waals surface area (Å²) in [6, 6.07) is 14.1. The maximum absolute atomic E-state index is 12.2. The minimum atomic E-state index is -0.481. The molecule has 0 bridgehead atoms. The molecule has 0 saturated heterocycles. The number of hydrazone groups is 1. The molecule has 0 radical (unpaired) electrons. The van der Waals surface area contributed by atoms with Crippen molar-refractivity contribution in [3.05, 3.63) is 75.6 Å². The first-order chi connectivity index (χ1) is 12.5. The lowest BCUT2D eigenvalue weighted by Gasteiger charge is -2.05. The first-order valence-corrected chi connectivity index (χ1v) is 8.04. The van der Waals surface area contributed by atoms with E-state index in [2.05, 4.69) is 10.5 Å². The Morgan fingerprint density at radius 3 is 2.69 bits per heavy atom. The van der Waals surface area contributed by atoms with Crippen molar-refractivity contribution < 1.29 is 13.9 Å². The summed E-state index contributed by atoms with van der Waals surface area (Å²) in [4.78, 5) is 23.8. The fourth-order valence-electron chi connectivity index (χ4n) is 2.57. The van der Waals surface area contributed by atoms with Crippen LogP contribution in [0, 0.1) is 6.92 Å². The maximum Gasteiger partial charge on any atom is 0.336 e. The Balaban J connectivity index is 1.71. The summed E-state index contributed by atoms with van der Waals surface area (Å²) in [7, 11) is 1.60. The van der Waals surface area contributed by atoms with E-state index in [-0.39, 0.29) is 12.3 Å². The van der Waals surface area contributed by atoms with Gasteiger partial charge in [-0.15, -0.1) is 0 Å². The van der Waals surface area contributed by atoms with Crippen LogP contribution in [0.5, 0.6) is 5.75 Å². The molecule has 132 valence electrons. The van der Waals surface area contributed by atoms with Crippen molar-refractivity contribution in [3.63, 3.8) is 0 Å². The summed E-state index contributed by atoms with van der Waals surface area (Å²) in [5.41, 5.74) is 4.91. The Bertz CT molecular complexity index is 1020. The molecule has 1 aromatic heterocycles. The molecule has 3 rings (SSSR count). The van der Waals surface area contributed by atoms with E-state index in [4.69, 9.17) is 9.15 Å². The van der Waals surface area contributed by atoms with E-state index in [0.717, 1.165) is 22.3 Å². The molecule has 1 amide bonds. The lowest BCUT2D eigenvalue weighted by atomic mass is 10.1. The van der Waals surface area contributed by atoms with Crippen molar-refractivity contribution in [1.29, 1.82) is 0 Å². The normalized spacial score (nSPS) is 11.0. The van der Waals surface area contributed by atoms with Gasteiger partial charge in [0.2, 0.25) is 5.91 Å². The number of rotatable bonds is 5. The van der Waals surface area contributed by atoms with Gasteiger partial charge in [0.25, 0.3) is 0 Å². The molecule has 0 aliphatic heterocycles. The minimum absolute atomic E-state index is 0.0332. The fourth-order valence-corrected chi connectivity index (χ4v) is 2.57. The van der Waals surface area contributed by atoms with Crippen LogP contribution in [0.3, 0.4) is 0 Å². The number of nitrogens with zero attached hydrogens (tertiary/aromatic N) is 1. The summed E-state index contributed by atoms with van der Waals surface area (Å²) < 4.78 is 10.3. The molecule has 0 saturated carbocycles. The number of hydrogen-bond donors (Lipinski definition) is 1. The number of methoxy groups -OCH3 is 1. The van der Waals surface area contributed by atoms with Crippen molar-refractivity contribution in [3.8, 4) is 5.75 Å². The molecule has 1 heterocycles. The molecule has 0 fully saturated rings. The fraction of sp³-hybridized carbons (Fsp3) is 0.150. The van der Waals surface area contributed by atoms with Crippen LogP contribution in [0.2, 0.25) is 0 Å². The van der Waals surface area contributed by atoms with Crippen LogP contribution in [0.15, 0.2) is 62.8 Å². The molecule has 0 spiro atoms. The zero-order valence-electron chi connectivity index (χ0n) is 14.5. The van der Waals surface area contributed by atoms with Gasteiger partial charge in [-0.25, -0.2) is 10.2 Å². The Kier molecular flexibility index (Phi) is 5.12. The van der Waals surface area contributed by atoms with Gasteiger partial charge >= 0.3 is 5.63 Å². The molecule has 2 aromatic carbocycles. The van der Waals surface area contributed by atoms with Gasteiger partial charge in [0, 0.05) is 11.5 Å². The zero-order chi connectivity index (χ0) is 18.5. The van der Waals surface area contributed by atoms with Crippen molar-refractivity contribution in [2.75, 3.05) is 7.11 Å². The van der Waals surface area contributed by atoms with Crippen LogP contribution < -0.4 is 15.8 Å². The SMILES string of the molecule is COc1ccc(/C=N/NC(=O)Cc2cc(=O)oc3ccc(C)cc23)cc1. The topological polar surface area (TPSA) is 80.9 Å². The Morgan fingerprint density at radius 2 is 1.96 bits per heavy atom. The average Bonchev–Trinajstić information content (AvgIpc) is 2.63. The molecule has 0 atom stereocenters. The predicted octanol–water partition coefficient (Wildman–Crippen LogP) is 2.80. The van der Waals surface area contributed by atoms with Crippen LogP contribution in [0.1, 0.15) is 16.7 Å². The van der Waals surface area contributed by atoms with E-state index in [1.54, 1.807) is 31.5 Å². The smallest absolute Gasteiger partial charge is 0.336 e. The van der Waals surface area contributed by atoms with Gasteiger partial charge < -0.3 is 9.15 Å². The summed E-state index contributed by atoms with van der Waals surface area (Å²) in [6.07, 6.45) is 1.57. The highest BCUT2D eigenvalue weighted by atomic mass is 16.5. The van der Waals surface area contributed by atoms with Gasteiger partial charge in [-0.2, -0.15) is 5.10 Å².